The highest BCUT2D eigenvalue weighted by molar-refractivity contribution is 5.76. The van der Waals surface area contributed by atoms with Crippen LogP contribution >= 0.6 is 0 Å². The Labute approximate surface area is 91.0 Å². The third kappa shape index (κ3) is 4.62. The second-order valence-electron chi connectivity index (χ2n) is 4.08. The Morgan fingerprint density at radius 1 is 1.47 bits per heavy atom. The Balaban J connectivity index is 2.03. The van der Waals surface area contributed by atoms with Gasteiger partial charge in [0.1, 0.15) is 6.04 Å². The van der Waals surface area contributed by atoms with Gasteiger partial charge in [-0.1, -0.05) is 26.2 Å². The number of hydrogen-bond acceptors (Lipinski definition) is 4. The van der Waals surface area contributed by atoms with Crippen LogP contribution in [0.25, 0.3) is 0 Å². The van der Waals surface area contributed by atoms with Gasteiger partial charge in [-0.25, -0.2) is 0 Å². The number of esters is 1. The van der Waals surface area contributed by atoms with Crippen molar-refractivity contribution < 1.29 is 14.6 Å². The second-order valence-corrected chi connectivity index (χ2v) is 4.08. The van der Waals surface area contributed by atoms with E-state index in [1.165, 1.54) is 12.8 Å². The van der Waals surface area contributed by atoms with E-state index in [0.717, 1.165) is 12.8 Å². The lowest BCUT2D eigenvalue weighted by Gasteiger charge is -2.09. The van der Waals surface area contributed by atoms with E-state index in [4.69, 9.17) is 4.74 Å². The fourth-order valence-electron chi connectivity index (χ4n) is 1.70. The molecule has 1 fully saturated rings. The fraction of sp³-hybridized carbons (Fsp3) is 0.909. The molecule has 0 saturated carbocycles. The van der Waals surface area contributed by atoms with Crippen LogP contribution in [0.3, 0.4) is 0 Å². The van der Waals surface area contributed by atoms with Crippen molar-refractivity contribution in [3.8, 4) is 0 Å². The summed E-state index contributed by atoms with van der Waals surface area (Å²) in [6, 6.07) is -0.300. The van der Waals surface area contributed by atoms with Crippen molar-refractivity contribution in [1.29, 1.82) is 0 Å². The molecule has 0 aliphatic carbocycles. The van der Waals surface area contributed by atoms with E-state index in [2.05, 4.69) is 12.2 Å². The minimum Gasteiger partial charge on any atom is -0.465 e. The van der Waals surface area contributed by atoms with Crippen molar-refractivity contribution >= 4 is 5.97 Å². The van der Waals surface area contributed by atoms with Crippen LogP contribution in [-0.2, 0) is 9.53 Å². The summed E-state index contributed by atoms with van der Waals surface area (Å²) in [5.41, 5.74) is 0. The largest absolute Gasteiger partial charge is 0.465 e. The number of unbranched alkanes of at least 4 members (excludes halogenated alkanes) is 3. The summed E-state index contributed by atoms with van der Waals surface area (Å²) in [5.74, 6) is -0.219. The van der Waals surface area contributed by atoms with Gasteiger partial charge in [-0.05, 0) is 6.42 Å². The van der Waals surface area contributed by atoms with Gasteiger partial charge in [0.25, 0.3) is 0 Å². The van der Waals surface area contributed by atoms with Gasteiger partial charge in [-0.2, -0.15) is 0 Å². The first-order valence-electron chi connectivity index (χ1n) is 5.82. The van der Waals surface area contributed by atoms with Gasteiger partial charge < -0.3 is 15.2 Å². The number of nitrogens with one attached hydrogen (secondary N) is 1. The molecule has 1 rings (SSSR count). The molecular weight excluding hydrogens is 194 g/mol. The minimum atomic E-state index is -0.400. The van der Waals surface area contributed by atoms with Crippen LogP contribution in [0.5, 0.6) is 0 Å². The predicted octanol–water partition coefficient (Wildman–Crippen LogP) is 0.833. The average molecular weight is 215 g/mol. The van der Waals surface area contributed by atoms with Crippen molar-refractivity contribution in [3.63, 3.8) is 0 Å². The topological polar surface area (TPSA) is 58.6 Å². The number of carbonyl (C=O) groups is 1. The number of aliphatic hydroxyl groups is 1. The van der Waals surface area contributed by atoms with Gasteiger partial charge in [-0.15, -0.1) is 0 Å². The zero-order valence-corrected chi connectivity index (χ0v) is 9.37. The van der Waals surface area contributed by atoms with E-state index >= 15 is 0 Å². The maximum atomic E-state index is 11.4. The smallest absolute Gasteiger partial charge is 0.323 e. The minimum absolute atomic E-state index is 0.219. The van der Waals surface area contributed by atoms with Crippen LogP contribution in [-0.4, -0.2) is 36.4 Å². The van der Waals surface area contributed by atoms with Crippen LogP contribution < -0.4 is 5.32 Å². The molecular formula is C11H21NO3. The van der Waals surface area contributed by atoms with Crippen molar-refractivity contribution in [3.05, 3.63) is 0 Å². The quantitative estimate of drug-likeness (QED) is 0.509. The zero-order valence-electron chi connectivity index (χ0n) is 9.37. The van der Waals surface area contributed by atoms with Gasteiger partial charge in [0.2, 0.25) is 0 Å². The summed E-state index contributed by atoms with van der Waals surface area (Å²) in [7, 11) is 0. The Hall–Kier alpha value is -0.610. The molecule has 0 radical (unpaired) electrons. The molecule has 2 unspecified atom stereocenters. The lowest BCUT2D eigenvalue weighted by Crippen LogP contribution is -2.32. The standard InChI is InChI=1S/C11H21NO3/c1-2-3-4-5-6-15-11(14)10-7-9(13)8-12-10/h9-10,12-13H,2-8H2,1H3. The predicted molar refractivity (Wildman–Crippen MR) is 57.5 cm³/mol. The Bertz CT molecular complexity index is 196. The molecule has 1 heterocycles. The van der Waals surface area contributed by atoms with Gasteiger partial charge in [0.05, 0.1) is 12.7 Å². The van der Waals surface area contributed by atoms with Crippen LogP contribution in [0.2, 0.25) is 0 Å². The molecule has 1 aliphatic rings. The van der Waals surface area contributed by atoms with E-state index in [1.807, 2.05) is 0 Å². The van der Waals surface area contributed by atoms with E-state index in [0.29, 0.717) is 19.6 Å². The molecule has 0 bridgehead atoms. The highest BCUT2D eigenvalue weighted by atomic mass is 16.5. The van der Waals surface area contributed by atoms with E-state index in [-0.39, 0.29) is 12.0 Å². The molecule has 1 aliphatic heterocycles. The highest BCUT2D eigenvalue weighted by Crippen LogP contribution is 2.08. The number of rotatable bonds is 6. The van der Waals surface area contributed by atoms with Gasteiger partial charge in [-0.3, -0.25) is 4.79 Å². The van der Waals surface area contributed by atoms with E-state index < -0.39 is 6.10 Å². The number of hydrogen-bond donors (Lipinski definition) is 2. The normalized spacial score (nSPS) is 25.5. The Morgan fingerprint density at radius 3 is 2.87 bits per heavy atom. The number of ether oxygens (including phenoxy) is 1. The molecule has 88 valence electrons. The fourth-order valence-corrected chi connectivity index (χ4v) is 1.70. The summed E-state index contributed by atoms with van der Waals surface area (Å²) < 4.78 is 5.11. The van der Waals surface area contributed by atoms with Crippen LogP contribution in [0.15, 0.2) is 0 Å². The molecule has 4 heteroatoms. The number of β-amino-alcohol motifs (C(OH)–C–C–N with tert-alkyl or cyclic N) is 1. The molecule has 0 amide bonds. The lowest BCUT2D eigenvalue weighted by molar-refractivity contribution is -0.146. The van der Waals surface area contributed by atoms with Crippen LogP contribution in [0.4, 0.5) is 0 Å². The molecule has 15 heavy (non-hydrogen) atoms. The maximum absolute atomic E-state index is 11.4. The Kier molecular flexibility index (Phi) is 5.65. The first-order chi connectivity index (χ1) is 7.24. The molecule has 1 saturated heterocycles. The third-order valence-electron chi connectivity index (χ3n) is 2.63. The molecule has 2 atom stereocenters. The SMILES string of the molecule is CCCCCCOC(=O)C1CC(O)CN1. The first-order valence-corrected chi connectivity index (χ1v) is 5.82. The summed E-state index contributed by atoms with van der Waals surface area (Å²) >= 11 is 0. The third-order valence-corrected chi connectivity index (χ3v) is 2.63. The first kappa shape index (κ1) is 12.5. The molecule has 0 aromatic carbocycles. The van der Waals surface area contributed by atoms with Crippen LogP contribution in [0.1, 0.15) is 39.0 Å². The molecule has 0 spiro atoms. The molecule has 2 N–H and O–H groups in total. The average Bonchev–Trinajstić information content (AvgIpc) is 2.64. The molecule has 0 aromatic heterocycles. The lowest BCUT2D eigenvalue weighted by atomic mass is 10.2. The molecule has 0 aromatic rings. The van der Waals surface area contributed by atoms with Crippen molar-refractivity contribution in [2.24, 2.45) is 0 Å². The van der Waals surface area contributed by atoms with Gasteiger partial charge in [0.15, 0.2) is 0 Å². The second kappa shape index (κ2) is 6.80. The molecule has 4 nitrogen and oxygen atoms in total. The number of aliphatic hydroxyl groups excluding tert-OH is 1. The van der Waals surface area contributed by atoms with Gasteiger partial charge >= 0.3 is 5.97 Å². The zero-order chi connectivity index (χ0) is 11.1. The summed E-state index contributed by atoms with van der Waals surface area (Å²) in [4.78, 5) is 11.4. The summed E-state index contributed by atoms with van der Waals surface area (Å²) in [5, 5.41) is 12.2. The van der Waals surface area contributed by atoms with Crippen molar-refractivity contribution in [2.45, 2.75) is 51.2 Å². The highest BCUT2D eigenvalue weighted by Gasteiger charge is 2.28. The van der Waals surface area contributed by atoms with E-state index in [1.54, 1.807) is 0 Å². The summed E-state index contributed by atoms with van der Waals surface area (Å²) in [6.07, 6.45) is 4.51. The van der Waals surface area contributed by atoms with E-state index in [9.17, 15) is 9.90 Å². The van der Waals surface area contributed by atoms with Crippen molar-refractivity contribution in [2.75, 3.05) is 13.2 Å². The maximum Gasteiger partial charge on any atom is 0.323 e. The monoisotopic (exact) mass is 215 g/mol. The van der Waals surface area contributed by atoms with Gasteiger partial charge in [0, 0.05) is 13.0 Å². The van der Waals surface area contributed by atoms with Crippen molar-refractivity contribution in [1.82, 2.24) is 5.32 Å². The number of carbonyl (C=O) groups excluding carboxylic acids is 1. The Morgan fingerprint density at radius 2 is 2.27 bits per heavy atom. The van der Waals surface area contributed by atoms with Crippen LogP contribution in [0, 0.1) is 0 Å². The summed E-state index contributed by atoms with van der Waals surface area (Å²) in [6.45, 7) is 3.15.